The maximum Gasteiger partial charge on any atom is 0.0975 e. The molecule has 0 N–H and O–H groups in total. The molecule has 0 aromatic heterocycles. The van der Waals surface area contributed by atoms with Crippen LogP contribution in [0, 0.1) is 5.92 Å². The molecule has 0 amide bonds. The van der Waals surface area contributed by atoms with E-state index in [-0.39, 0.29) is 0 Å². The van der Waals surface area contributed by atoms with Gasteiger partial charge in [0.05, 0.1) is 12.6 Å². The standard InChI is InChI=1S/C8H10N2/c1-6-2-3-7-5-9-10-8(7)4-6/h2-4,7-8H,5H2,1H3. The van der Waals surface area contributed by atoms with E-state index in [9.17, 15) is 0 Å². The largest absolute Gasteiger partial charge is 0.193 e. The third kappa shape index (κ3) is 0.801. The summed E-state index contributed by atoms with van der Waals surface area (Å²) in [5, 5.41) is 8.10. The summed E-state index contributed by atoms with van der Waals surface area (Å²) in [4.78, 5) is 0. The molecule has 0 fully saturated rings. The van der Waals surface area contributed by atoms with Crippen molar-refractivity contribution in [3.8, 4) is 0 Å². The van der Waals surface area contributed by atoms with E-state index in [4.69, 9.17) is 0 Å². The van der Waals surface area contributed by atoms with Crippen LogP contribution in [0.5, 0.6) is 0 Å². The Balaban J connectivity index is 2.26. The monoisotopic (exact) mass is 134 g/mol. The Kier molecular flexibility index (Phi) is 1.19. The smallest absolute Gasteiger partial charge is 0.0975 e. The van der Waals surface area contributed by atoms with Crippen LogP contribution >= 0.6 is 0 Å². The van der Waals surface area contributed by atoms with Gasteiger partial charge in [0.1, 0.15) is 0 Å². The molecule has 0 aromatic carbocycles. The topological polar surface area (TPSA) is 24.7 Å². The van der Waals surface area contributed by atoms with Gasteiger partial charge in [0, 0.05) is 5.92 Å². The quantitative estimate of drug-likeness (QED) is 0.483. The highest BCUT2D eigenvalue weighted by molar-refractivity contribution is 5.26. The van der Waals surface area contributed by atoms with Crippen LogP contribution in [-0.4, -0.2) is 12.6 Å². The second-order valence-electron chi connectivity index (χ2n) is 2.86. The highest BCUT2D eigenvalue weighted by Crippen LogP contribution is 2.24. The SMILES string of the molecule is CC1=CC2N=NCC2C=C1. The lowest BCUT2D eigenvalue weighted by Crippen LogP contribution is -2.14. The second kappa shape index (κ2) is 2.04. The van der Waals surface area contributed by atoms with E-state index in [2.05, 4.69) is 35.4 Å². The van der Waals surface area contributed by atoms with E-state index < -0.39 is 0 Å². The number of hydrogen-bond acceptors (Lipinski definition) is 2. The molecule has 2 unspecified atom stereocenters. The average Bonchev–Trinajstić information content (AvgIpc) is 2.33. The molecule has 1 aliphatic carbocycles. The van der Waals surface area contributed by atoms with Crippen molar-refractivity contribution in [2.45, 2.75) is 13.0 Å². The van der Waals surface area contributed by atoms with Crippen LogP contribution in [0.3, 0.4) is 0 Å². The molecule has 52 valence electrons. The summed E-state index contributed by atoms with van der Waals surface area (Å²) < 4.78 is 0. The first kappa shape index (κ1) is 5.83. The molecule has 0 saturated heterocycles. The molecule has 1 heterocycles. The molecule has 0 radical (unpaired) electrons. The minimum Gasteiger partial charge on any atom is -0.193 e. The maximum atomic E-state index is 4.11. The van der Waals surface area contributed by atoms with Crippen molar-refractivity contribution < 1.29 is 0 Å². The lowest BCUT2D eigenvalue weighted by Gasteiger charge is -2.12. The third-order valence-electron chi connectivity index (χ3n) is 1.99. The summed E-state index contributed by atoms with van der Waals surface area (Å²) in [6, 6.07) is 0.352. The van der Waals surface area contributed by atoms with E-state index in [1.165, 1.54) is 5.57 Å². The molecule has 0 spiro atoms. The molecule has 0 bridgehead atoms. The average molecular weight is 134 g/mol. The maximum absolute atomic E-state index is 4.11. The van der Waals surface area contributed by atoms with Gasteiger partial charge in [0.15, 0.2) is 0 Å². The number of nitrogens with zero attached hydrogens (tertiary/aromatic N) is 2. The van der Waals surface area contributed by atoms with Crippen LogP contribution in [0.15, 0.2) is 34.0 Å². The minimum atomic E-state index is 0.352. The summed E-state index contributed by atoms with van der Waals surface area (Å²) in [7, 11) is 0. The number of allylic oxidation sites excluding steroid dienone is 2. The number of azo groups is 1. The molecule has 2 aliphatic rings. The Labute approximate surface area is 60.3 Å². The van der Waals surface area contributed by atoms with Gasteiger partial charge in [0.25, 0.3) is 0 Å². The van der Waals surface area contributed by atoms with Crippen LogP contribution in [-0.2, 0) is 0 Å². The van der Waals surface area contributed by atoms with Gasteiger partial charge in [-0.3, -0.25) is 0 Å². The van der Waals surface area contributed by atoms with Crippen LogP contribution in [0.1, 0.15) is 6.92 Å². The summed E-state index contributed by atoms with van der Waals surface area (Å²) in [5.41, 5.74) is 1.31. The number of rotatable bonds is 0. The first-order valence-electron chi connectivity index (χ1n) is 3.59. The molecule has 2 nitrogen and oxygen atoms in total. The van der Waals surface area contributed by atoms with Crippen molar-refractivity contribution in [2.24, 2.45) is 16.1 Å². The Hall–Kier alpha value is -0.920. The van der Waals surface area contributed by atoms with Crippen molar-refractivity contribution in [3.63, 3.8) is 0 Å². The van der Waals surface area contributed by atoms with E-state index in [0.29, 0.717) is 12.0 Å². The van der Waals surface area contributed by atoms with Gasteiger partial charge < -0.3 is 0 Å². The first-order chi connectivity index (χ1) is 4.86. The summed E-state index contributed by atoms with van der Waals surface area (Å²) in [6.07, 6.45) is 6.54. The highest BCUT2D eigenvalue weighted by Gasteiger charge is 2.23. The highest BCUT2D eigenvalue weighted by atomic mass is 15.2. The summed E-state index contributed by atoms with van der Waals surface area (Å²) >= 11 is 0. The zero-order valence-corrected chi connectivity index (χ0v) is 5.99. The van der Waals surface area contributed by atoms with Crippen molar-refractivity contribution in [1.82, 2.24) is 0 Å². The van der Waals surface area contributed by atoms with Crippen LogP contribution in [0.2, 0.25) is 0 Å². The predicted molar refractivity (Wildman–Crippen MR) is 39.9 cm³/mol. The normalized spacial score (nSPS) is 35.9. The first-order valence-corrected chi connectivity index (χ1v) is 3.59. The number of hydrogen-bond donors (Lipinski definition) is 0. The minimum absolute atomic E-state index is 0.352. The van der Waals surface area contributed by atoms with E-state index in [0.717, 1.165) is 6.54 Å². The van der Waals surface area contributed by atoms with Crippen LogP contribution in [0.25, 0.3) is 0 Å². The molecular formula is C8H10N2. The lowest BCUT2D eigenvalue weighted by molar-refractivity contribution is 0.655. The molecular weight excluding hydrogens is 124 g/mol. The van der Waals surface area contributed by atoms with E-state index in [1.54, 1.807) is 0 Å². The molecule has 0 saturated carbocycles. The number of fused-ring (bicyclic) bond motifs is 1. The van der Waals surface area contributed by atoms with Gasteiger partial charge in [-0.05, 0) is 6.92 Å². The molecule has 0 aromatic rings. The lowest BCUT2D eigenvalue weighted by atomic mass is 9.94. The Morgan fingerprint density at radius 2 is 2.50 bits per heavy atom. The Bertz CT molecular complexity index is 225. The van der Waals surface area contributed by atoms with Crippen molar-refractivity contribution >= 4 is 0 Å². The Morgan fingerprint density at radius 3 is 3.40 bits per heavy atom. The summed E-state index contributed by atoms with van der Waals surface area (Å²) in [5.74, 6) is 0.559. The zero-order valence-electron chi connectivity index (χ0n) is 5.99. The van der Waals surface area contributed by atoms with Gasteiger partial charge in [-0.2, -0.15) is 10.2 Å². The van der Waals surface area contributed by atoms with Crippen molar-refractivity contribution in [3.05, 3.63) is 23.8 Å². The van der Waals surface area contributed by atoms with Crippen LogP contribution in [0.4, 0.5) is 0 Å². The fourth-order valence-corrected chi connectivity index (χ4v) is 1.36. The van der Waals surface area contributed by atoms with Crippen LogP contribution < -0.4 is 0 Å². The van der Waals surface area contributed by atoms with Crippen molar-refractivity contribution in [1.29, 1.82) is 0 Å². The zero-order chi connectivity index (χ0) is 6.97. The van der Waals surface area contributed by atoms with Crippen molar-refractivity contribution in [2.75, 3.05) is 6.54 Å². The molecule has 10 heavy (non-hydrogen) atoms. The van der Waals surface area contributed by atoms with E-state index in [1.807, 2.05) is 0 Å². The van der Waals surface area contributed by atoms with Gasteiger partial charge in [-0.15, -0.1) is 0 Å². The van der Waals surface area contributed by atoms with Gasteiger partial charge in [-0.25, -0.2) is 0 Å². The van der Waals surface area contributed by atoms with Gasteiger partial charge in [-0.1, -0.05) is 23.8 Å². The molecule has 1 aliphatic heterocycles. The third-order valence-corrected chi connectivity index (χ3v) is 1.99. The fraction of sp³-hybridized carbons (Fsp3) is 0.500. The summed E-state index contributed by atoms with van der Waals surface area (Å²) in [6.45, 7) is 2.98. The second-order valence-corrected chi connectivity index (χ2v) is 2.86. The van der Waals surface area contributed by atoms with E-state index >= 15 is 0 Å². The molecule has 2 atom stereocenters. The van der Waals surface area contributed by atoms with Gasteiger partial charge >= 0.3 is 0 Å². The molecule has 2 heteroatoms. The van der Waals surface area contributed by atoms with Gasteiger partial charge in [0.2, 0.25) is 0 Å². The molecule has 2 rings (SSSR count). The fourth-order valence-electron chi connectivity index (χ4n) is 1.36. The predicted octanol–water partition coefficient (Wildman–Crippen LogP) is 1.95. The Morgan fingerprint density at radius 1 is 1.60 bits per heavy atom.